The standard InChI is InChI=1S/C26H21F2N5O2/c1-14-21(23(24(27)28)35-33-14)16-12-17(22-18(13-16)31-25(32-22)15-8-9-15)26(34,19-6-2-4-10-29-19)20-7-3-5-11-30-20/h2-7,10-13,15,24,34H,8-9H2,1H3,(H,31,32). The molecular formula is C26H21F2N5O2. The van der Waals surface area contributed by atoms with Crippen molar-refractivity contribution in [3.8, 4) is 11.1 Å². The molecule has 0 amide bonds. The highest BCUT2D eigenvalue weighted by molar-refractivity contribution is 5.88. The van der Waals surface area contributed by atoms with Crippen molar-refractivity contribution in [2.45, 2.75) is 37.7 Å². The van der Waals surface area contributed by atoms with Crippen LogP contribution in [0, 0.1) is 6.92 Å². The average molecular weight is 473 g/mol. The number of aromatic amines is 1. The highest BCUT2D eigenvalue weighted by atomic mass is 19.3. The number of alkyl halides is 2. The van der Waals surface area contributed by atoms with Crippen molar-refractivity contribution in [3.05, 3.63) is 95.2 Å². The molecule has 7 nitrogen and oxygen atoms in total. The maximum Gasteiger partial charge on any atom is 0.298 e. The minimum absolute atomic E-state index is 0.190. The molecule has 1 aromatic carbocycles. The van der Waals surface area contributed by atoms with Crippen LogP contribution in [0.15, 0.2) is 65.4 Å². The van der Waals surface area contributed by atoms with E-state index in [1.54, 1.807) is 67.8 Å². The third-order valence-electron chi connectivity index (χ3n) is 6.41. The van der Waals surface area contributed by atoms with E-state index in [4.69, 9.17) is 9.51 Å². The fourth-order valence-electron chi connectivity index (χ4n) is 4.55. The second-order valence-electron chi connectivity index (χ2n) is 8.76. The Balaban J connectivity index is 1.69. The highest BCUT2D eigenvalue weighted by Gasteiger charge is 2.40. The first-order chi connectivity index (χ1) is 17.0. The lowest BCUT2D eigenvalue weighted by molar-refractivity contribution is 0.113. The predicted molar refractivity (Wildman–Crippen MR) is 124 cm³/mol. The molecule has 0 spiro atoms. The Morgan fingerprint density at radius 1 is 1.06 bits per heavy atom. The number of pyridine rings is 2. The Hall–Kier alpha value is -3.98. The number of rotatable bonds is 6. The zero-order chi connectivity index (χ0) is 24.2. The molecule has 4 heterocycles. The lowest BCUT2D eigenvalue weighted by Crippen LogP contribution is -2.31. The van der Waals surface area contributed by atoms with Crippen LogP contribution in [-0.4, -0.2) is 30.2 Å². The molecule has 2 N–H and O–H groups in total. The molecular weight excluding hydrogens is 452 g/mol. The monoisotopic (exact) mass is 473 g/mol. The van der Waals surface area contributed by atoms with Crippen LogP contribution in [0.1, 0.15) is 59.4 Å². The first kappa shape index (κ1) is 21.5. The van der Waals surface area contributed by atoms with Gasteiger partial charge in [0, 0.05) is 23.9 Å². The lowest BCUT2D eigenvalue weighted by atomic mass is 9.83. The van der Waals surface area contributed by atoms with E-state index in [1.165, 1.54) is 0 Å². The minimum Gasteiger partial charge on any atom is -0.373 e. The molecule has 1 aliphatic carbocycles. The number of hydrogen-bond donors (Lipinski definition) is 2. The molecule has 5 aromatic rings. The molecule has 9 heteroatoms. The number of aliphatic hydroxyl groups is 1. The number of nitrogens with one attached hydrogen (secondary N) is 1. The zero-order valence-corrected chi connectivity index (χ0v) is 18.7. The molecule has 6 rings (SSSR count). The molecule has 176 valence electrons. The summed E-state index contributed by atoms with van der Waals surface area (Å²) in [6.45, 7) is 1.61. The molecule has 0 saturated heterocycles. The van der Waals surface area contributed by atoms with Gasteiger partial charge in [-0.25, -0.2) is 13.8 Å². The van der Waals surface area contributed by atoms with Gasteiger partial charge in [0.2, 0.25) is 5.76 Å². The van der Waals surface area contributed by atoms with Crippen LogP contribution in [0.5, 0.6) is 0 Å². The van der Waals surface area contributed by atoms with Crippen molar-refractivity contribution in [1.82, 2.24) is 25.1 Å². The van der Waals surface area contributed by atoms with Gasteiger partial charge in [-0.2, -0.15) is 0 Å². The summed E-state index contributed by atoms with van der Waals surface area (Å²) in [6, 6.07) is 13.9. The van der Waals surface area contributed by atoms with Gasteiger partial charge in [-0.3, -0.25) is 9.97 Å². The van der Waals surface area contributed by atoms with Gasteiger partial charge in [-0.15, -0.1) is 0 Å². The summed E-state index contributed by atoms with van der Waals surface area (Å²) in [5, 5.41) is 16.2. The number of aromatic nitrogens is 5. The molecule has 0 atom stereocenters. The summed E-state index contributed by atoms with van der Waals surface area (Å²) in [6.07, 6.45) is 2.37. The van der Waals surface area contributed by atoms with Gasteiger partial charge in [0.15, 0.2) is 5.60 Å². The Bertz CT molecular complexity index is 1470. The number of aryl methyl sites for hydroxylation is 1. The van der Waals surface area contributed by atoms with Crippen LogP contribution >= 0.6 is 0 Å². The van der Waals surface area contributed by atoms with Crippen LogP contribution in [-0.2, 0) is 5.60 Å². The second-order valence-corrected chi connectivity index (χ2v) is 8.76. The molecule has 0 aliphatic heterocycles. The van der Waals surface area contributed by atoms with Gasteiger partial charge < -0.3 is 14.6 Å². The van der Waals surface area contributed by atoms with Crippen LogP contribution in [0.3, 0.4) is 0 Å². The topological polar surface area (TPSA) is 101 Å². The molecule has 4 aromatic heterocycles. The van der Waals surface area contributed by atoms with Crippen LogP contribution in [0.25, 0.3) is 22.2 Å². The largest absolute Gasteiger partial charge is 0.373 e. The van der Waals surface area contributed by atoms with Crippen molar-refractivity contribution < 1.29 is 18.4 Å². The number of H-pyrrole nitrogens is 1. The summed E-state index contributed by atoms with van der Waals surface area (Å²) in [7, 11) is 0. The van der Waals surface area contributed by atoms with E-state index in [2.05, 4.69) is 20.1 Å². The average Bonchev–Trinajstić information content (AvgIpc) is 3.53. The van der Waals surface area contributed by atoms with E-state index in [0.717, 1.165) is 18.7 Å². The van der Waals surface area contributed by atoms with Gasteiger partial charge in [0.05, 0.1) is 33.7 Å². The van der Waals surface area contributed by atoms with E-state index >= 15 is 0 Å². The summed E-state index contributed by atoms with van der Waals surface area (Å²) >= 11 is 0. The Morgan fingerprint density at radius 2 is 1.74 bits per heavy atom. The quantitative estimate of drug-likeness (QED) is 0.342. The Morgan fingerprint density at radius 3 is 2.31 bits per heavy atom. The van der Waals surface area contributed by atoms with Gasteiger partial charge in [0.1, 0.15) is 5.82 Å². The first-order valence-corrected chi connectivity index (χ1v) is 11.3. The SMILES string of the molecule is Cc1noc(C(F)F)c1-c1cc(C(O)(c2ccccn2)c2ccccn2)c2nc(C3CC3)[nH]c2c1. The molecule has 0 bridgehead atoms. The second kappa shape index (κ2) is 8.06. The minimum atomic E-state index is -2.85. The van der Waals surface area contributed by atoms with Crippen molar-refractivity contribution in [3.63, 3.8) is 0 Å². The molecule has 1 fully saturated rings. The zero-order valence-electron chi connectivity index (χ0n) is 18.7. The molecule has 1 saturated carbocycles. The number of fused-ring (bicyclic) bond motifs is 1. The van der Waals surface area contributed by atoms with E-state index < -0.39 is 17.8 Å². The maximum atomic E-state index is 13.8. The van der Waals surface area contributed by atoms with Crippen LogP contribution < -0.4 is 0 Å². The summed E-state index contributed by atoms with van der Waals surface area (Å²) < 4.78 is 32.6. The van der Waals surface area contributed by atoms with E-state index in [-0.39, 0.29) is 5.56 Å². The molecule has 1 aliphatic rings. The summed E-state index contributed by atoms with van der Waals surface area (Å²) in [5.41, 5.74) is 1.34. The van der Waals surface area contributed by atoms with E-state index in [1.807, 2.05) is 0 Å². The third kappa shape index (κ3) is 3.50. The number of nitrogens with zero attached hydrogens (tertiary/aromatic N) is 4. The molecule has 0 radical (unpaired) electrons. The van der Waals surface area contributed by atoms with Crippen LogP contribution in [0.4, 0.5) is 8.78 Å². The van der Waals surface area contributed by atoms with Gasteiger partial charge in [-0.05, 0) is 61.7 Å². The lowest BCUT2D eigenvalue weighted by Gasteiger charge is -2.28. The summed E-state index contributed by atoms with van der Waals surface area (Å²) in [4.78, 5) is 17.1. The number of hydrogen-bond acceptors (Lipinski definition) is 6. The smallest absolute Gasteiger partial charge is 0.298 e. The first-order valence-electron chi connectivity index (χ1n) is 11.3. The van der Waals surface area contributed by atoms with Gasteiger partial charge in [0.25, 0.3) is 6.43 Å². The van der Waals surface area contributed by atoms with Crippen molar-refractivity contribution >= 4 is 11.0 Å². The third-order valence-corrected chi connectivity index (χ3v) is 6.41. The Labute approximate surface area is 198 Å². The van der Waals surface area contributed by atoms with Crippen LogP contribution in [0.2, 0.25) is 0 Å². The predicted octanol–water partition coefficient (Wildman–Crippen LogP) is 5.42. The fourth-order valence-corrected chi connectivity index (χ4v) is 4.55. The fraction of sp³-hybridized carbons (Fsp3) is 0.231. The summed E-state index contributed by atoms with van der Waals surface area (Å²) in [5.74, 6) is 0.596. The van der Waals surface area contributed by atoms with Crippen molar-refractivity contribution in [2.24, 2.45) is 0 Å². The van der Waals surface area contributed by atoms with Gasteiger partial charge in [-0.1, -0.05) is 17.3 Å². The van der Waals surface area contributed by atoms with Crippen molar-refractivity contribution in [2.75, 3.05) is 0 Å². The number of halogens is 2. The van der Waals surface area contributed by atoms with Gasteiger partial charge >= 0.3 is 0 Å². The molecule has 0 unspecified atom stereocenters. The van der Waals surface area contributed by atoms with Crippen molar-refractivity contribution in [1.29, 1.82) is 0 Å². The Kier molecular flexibility index (Phi) is 4.96. The van der Waals surface area contributed by atoms with E-state index in [9.17, 15) is 13.9 Å². The van der Waals surface area contributed by atoms with E-state index in [0.29, 0.717) is 45.2 Å². The molecule has 35 heavy (non-hydrogen) atoms. The number of benzene rings is 1. The maximum absolute atomic E-state index is 13.8. The number of imidazole rings is 1. The normalized spacial score (nSPS) is 14.2. The highest BCUT2D eigenvalue weighted by Crippen LogP contribution is 2.44.